The van der Waals surface area contributed by atoms with E-state index in [0.717, 1.165) is 41.9 Å². The summed E-state index contributed by atoms with van der Waals surface area (Å²) in [5.41, 5.74) is 2.99. The van der Waals surface area contributed by atoms with Crippen molar-refractivity contribution in [3.63, 3.8) is 0 Å². The van der Waals surface area contributed by atoms with Gasteiger partial charge in [0.2, 0.25) is 5.91 Å². The van der Waals surface area contributed by atoms with Gasteiger partial charge in [0.05, 0.1) is 24.2 Å². The molecule has 2 amide bonds. The number of allylic oxidation sites excluding steroid dienone is 1. The standard InChI is InChI=1S/C31H31N3O6/c35-27-18-23(19-33(27)14-13-21-7-2-1-3-8-21)31(37)40-20-28(36)34-30(26-12-6-16-39-26)25-11-4-9-22(29(25)32-34)17-24-10-5-15-38-24/h1-3,5-8,10,12,15-17,23,25,30H,4,9,11,13-14,18-20H2/b22-17+/t23-,25-,30+/m1/s1. The highest BCUT2D eigenvalue weighted by Gasteiger charge is 2.45. The molecule has 9 nitrogen and oxygen atoms in total. The molecule has 4 heterocycles. The predicted molar refractivity (Wildman–Crippen MR) is 146 cm³/mol. The average Bonchev–Trinajstić information content (AvgIpc) is 3.78. The van der Waals surface area contributed by atoms with Crippen LogP contribution in [0.1, 0.15) is 48.8 Å². The molecule has 2 aromatic heterocycles. The van der Waals surface area contributed by atoms with Gasteiger partial charge in [-0.05, 0) is 67.2 Å². The van der Waals surface area contributed by atoms with Gasteiger partial charge < -0.3 is 18.5 Å². The number of furan rings is 2. The van der Waals surface area contributed by atoms with E-state index in [-0.39, 0.29) is 18.2 Å². The normalized spacial score (nSPS) is 23.4. The molecule has 1 saturated carbocycles. The molecule has 3 aromatic rings. The number of rotatable bonds is 8. The van der Waals surface area contributed by atoms with E-state index < -0.39 is 30.4 Å². The van der Waals surface area contributed by atoms with Gasteiger partial charge >= 0.3 is 5.97 Å². The summed E-state index contributed by atoms with van der Waals surface area (Å²) in [6.45, 7) is 0.380. The number of benzene rings is 1. The summed E-state index contributed by atoms with van der Waals surface area (Å²) < 4.78 is 16.7. The zero-order valence-corrected chi connectivity index (χ0v) is 22.1. The molecule has 2 aliphatic heterocycles. The lowest BCUT2D eigenvalue weighted by atomic mass is 9.79. The minimum absolute atomic E-state index is 0.0357. The SMILES string of the molecule is O=C(OCC(=O)N1N=C2/C(=C/c3ccco3)CCC[C@H]2[C@H]1c1ccco1)[C@@H]1CC(=O)N(CCc2ccccc2)C1. The smallest absolute Gasteiger partial charge is 0.311 e. The molecule has 0 N–H and O–H groups in total. The summed E-state index contributed by atoms with van der Waals surface area (Å²) in [5, 5.41) is 6.14. The maximum atomic E-state index is 13.4. The third-order valence-electron chi connectivity index (χ3n) is 7.85. The molecule has 0 bridgehead atoms. The van der Waals surface area contributed by atoms with Crippen molar-refractivity contribution in [1.29, 1.82) is 0 Å². The van der Waals surface area contributed by atoms with Crippen LogP contribution in [0.25, 0.3) is 6.08 Å². The van der Waals surface area contributed by atoms with Gasteiger partial charge in [-0.15, -0.1) is 0 Å². The number of hydrazone groups is 1. The number of ether oxygens (including phenoxy) is 1. The van der Waals surface area contributed by atoms with Crippen LogP contribution in [0.15, 0.2) is 86.6 Å². The third-order valence-corrected chi connectivity index (χ3v) is 7.85. The van der Waals surface area contributed by atoms with Gasteiger partial charge in [0.25, 0.3) is 5.91 Å². The second kappa shape index (κ2) is 11.4. The maximum absolute atomic E-state index is 13.4. The number of carbonyl (C=O) groups is 3. The van der Waals surface area contributed by atoms with Gasteiger partial charge in [-0.1, -0.05) is 30.3 Å². The van der Waals surface area contributed by atoms with E-state index in [1.54, 1.807) is 23.5 Å². The number of likely N-dealkylation sites (tertiary alicyclic amines) is 1. The molecule has 3 aliphatic rings. The minimum Gasteiger partial charge on any atom is -0.467 e. The van der Waals surface area contributed by atoms with Crippen molar-refractivity contribution in [2.45, 2.75) is 38.1 Å². The highest BCUT2D eigenvalue weighted by atomic mass is 16.5. The first-order valence-electron chi connectivity index (χ1n) is 13.7. The molecule has 1 aromatic carbocycles. The molecule has 0 radical (unpaired) electrons. The van der Waals surface area contributed by atoms with Crippen LogP contribution in [0.2, 0.25) is 0 Å². The predicted octanol–water partition coefficient (Wildman–Crippen LogP) is 4.63. The van der Waals surface area contributed by atoms with Gasteiger partial charge in [0.15, 0.2) is 6.61 Å². The first kappa shape index (κ1) is 25.9. The van der Waals surface area contributed by atoms with Crippen LogP contribution in [0.4, 0.5) is 0 Å². The number of hydrogen-bond donors (Lipinski definition) is 0. The van der Waals surface area contributed by atoms with Crippen molar-refractivity contribution in [2.75, 3.05) is 19.7 Å². The lowest BCUT2D eigenvalue weighted by molar-refractivity contribution is -0.156. The van der Waals surface area contributed by atoms with Crippen LogP contribution < -0.4 is 0 Å². The average molecular weight is 542 g/mol. The first-order chi connectivity index (χ1) is 19.6. The van der Waals surface area contributed by atoms with Gasteiger partial charge in [0.1, 0.15) is 17.6 Å². The van der Waals surface area contributed by atoms with Crippen molar-refractivity contribution < 1.29 is 28.0 Å². The van der Waals surface area contributed by atoms with Crippen LogP contribution in [-0.4, -0.2) is 53.1 Å². The number of hydrogen-bond acceptors (Lipinski definition) is 7. The molecule has 206 valence electrons. The molecular formula is C31H31N3O6. The molecule has 40 heavy (non-hydrogen) atoms. The number of amides is 2. The Morgan fingerprint density at radius 1 is 1.05 bits per heavy atom. The van der Waals surface area contributed by atoms with Crippen molar-refractivity contribution in [1.82, 2.24) is 9.91 Å². The van der Waals surface area contributed by atoms with Crippen LogP contribution in [0, 0.1) is 11.8 Å². The third kappa shape index (κ3) is 5.36. The fourth-order valence-corrected chi connectivity index (χ4v) is 5.86. The van der Waals surface area contributed by atoms with E-state index in [1.807, 2.05) is 54.6 Å². The summed E-state index contributed by atoms with van der Waals surface area (Å²) in [6, 6.07) is 16.8. The van der Waals surface area contributed by atoms with Gasteiger partial charge in [-0.25, -0.2) is 5.01 Å². The van der Waals surface area contributed by atoms with Gasteiger partial charge in [0, 0.05) is 25.4 Å². The molecular weight excluding hydrogens is 510 g/mol. The van der Waals surface area contributed by atoms with Crippen molar-refractivity contribution in [2.24, 2.45) is 16.9 Å². The van der Waals surface area contributed by atoms with E-state index in [1.165, 1.54) is 5.01 Å². The van der Waals surface area contributed by atoms with E-state index in [0.29, 0.717) is 25.3 Å². The van der Waals surface area contributed by atoms with E-state index in [4.69, 9.17) is 18.7 Å². The highest BCUT2D eigenvalue weighted by molar-refractivity contribution is 6.08. The molecule has 6 rings (SSSR count). The Kier molecular flexibility index (Phi) is 7.35. The van der Waals surface area contributed by atoms with E-state index in [9.17, 15) is 14.4 Å². The lowest BCUT2D eigenvalue weighted by Crippen LogP contribution is -2.35. The molecule has 1 aliphatic carbocycles. The van der Waals surface area contributed by atoms with Crippen molar-refractivity contribution in [3.05, 3.63) is 89.8 Å². The molecule has 0 spiro atoms. The van der Waals surface area contributed by atoms with Crippen molar-refractivity contribution >= 4 is 29.6 Å². The Bertz CT molecular complexity index is 1410. The monoisotopic (exact) mass is 541 g/mol. The van der Waals surface area contributed by atoms with E-state index in [2.05, 4.69) is 0 Å². The zero-order chi connectivity index (χ0) is 27.5. The second-order valence-corrected chi connectivity index (χ2v) is 10.5. The summed E-state index contributed by atoms with van der Waals surface area (Å²) in [5.74, 6) is -0.305. The Labute approximate surface area is 232 Å². The molecule has 1 saturated heterocycles. The largest absolute Gasteiger partial charge is 0.467 e. The Morgan fingerprint density at radius 2 is 1.88 bits per heavy atom. The quantitative estimate of drug-likeness (QED) is 0.385. The number of esters is 1. The molecule has 3 atom stereocenters. The number of fused-ring (bicyclic) bond motifs is 1. The minimum atomic E-state index is -0.591. The van der Waals surface area contributed by atoms with Crippen molar-refractivity contribution in [3.8, 4) is 0 Å². The van der Waals surface area contributed by atoms with Crippen LogP contribution in [-0.2, 0) is 25.5 Å². The Hall–Kier alpha value is -4.40. The first-order valence-corrected chi connectivity index (χ1v) is 13.7. The van der Waals surface area contributed by atoms with E-state index >= 15 is 0 Å². The Balaban J connectivity index is 1.11. The zero-order valence-electron chi connectivity index (χ0n) is 22.1. The molecule has 0 unspecified atom stereocenters. The number of nitrogens with zero attached hydrogens (tertiary/aromatic N) is 3. The summed E-state index contributed by atoms with van der Waals surface area (Å²) >= 11 is 0. The Morgan fingerprint density at radius 3 is 2.65 bits per heavy atom. The van der Waals surface area contributed by atoms with Gasteiger partial charge in [-0.2, -0.15) is 5.10 Å². The molecule has 9 heteroatoms. The summed E-state index contributed by atoms with van der Waals surface area (Å²) in [7, 11) is 0. The van der Waals surface area contributed by atoms with Crippen LogP contribution >= 0.6 is 0 Å². The summed E-state index contributed by atoms with van der Waals surface area (Å²) in [4.78, 5) is 40.5. The summed E-state index contributed by atoms with van der Waals surface area (Å²) in [6.07, 6.45) is 8.61. The maximum Gasteiger partial charge on any atom is 0.311 e. The molecule has 2 fully saturated rings. The fourth-order valence-electron chi connectivity index (χ4n) is 5.86. The van der Waals surface area contributed by atoms with Gasteiger partial charge in [-0.3, -0.25) is 14.4 Å². The van der Waals surface area contributed by atoms with Crippen LogP contribution in [0.3, 0.4) is 0 Å². The second-order valence-electron chi connectivity index (χ2n) is 10.5. The lowest BCUT2D eigenvalue weighted by Gasteiger charge is -2.27. The van der Waals surface area contributed by atoms with Crippen LogP contribution in [0.5, 0.6) is 0 Å². The number of carbonyl (C=O) groups excluding carboxylic acids is 3. The highest BCUT2D eigenvalue weighted by Crippen LogP contribution is 2.44. The fraction of sp³-hybridized carbons (Fsp3) is 0.355. The topological polar surface area (TPSA) is 106 Å².